The summed E-state index contributed by atoms with van der Waals surface area (Å²) in [6.45, 7) is 6.65. The number of hydrogen-bond acceptors (Lipinski definition) is 7. The standard InChI is InChI=1S/C34H50BrN5O6/c1-5-21(3)30-34(45)39-17-11-10-14-29(39)33(44)36-26(13-9-7-8-12-24(41)6-2)31(42)37-27(32(43)38-30)18-22-20-40(46-4)28-16-15-23(35)19-25(22)28/h15-16,19,21-22,26-27,29-30H,5-14,17-18,20H2,1-4H3,(H,36,44)(H,37,42)(H,38,43)/t21?,22?,26-,27-,29+,30-/m0/s1. The fraction of sp³-hybridized carbons (Fsp3) is 0.676. The number of Topliss-reactive ketones (excluding diaryl/α,β-unsaturated/α-hetero) is 1. The summed E-state index contributed by atoms with van der Waals surface area (Å²) in [4.78, 5) is 74.9. The maximum absolute atomic E-state index is 14.1. The second kappa shape index (κ2) is 16.7. The van der Waals surface area contributed by atoms with E-state index < -0.39 is 36.0 Å². The van der Waals surface area contributed by atoms with Crippen molar-refractivity contribution in [2.75, 3.05) is 25.3 Å². The number of halogens is 1. The lowest BCUT2D eigenvalue weighted by Crippen LogP contribution is -2.64. The van der Waals surface area contributed by atoms with Crippen molar-refractivity contribution in [3.05, 3.63) is 28.2 Å². The molecule has 11 nitrogen and oxygen atoms in total. The second-order valence-electron chi connectivity index (χ2n) is 12.9. The van der Waals surface area contributed by atoms with Crippen molar-refractivity contribution in [3.8, 4) is 0 Å². The molecule has 12 heteroatoms. The van der Waals surface area contributed by atoms with Crippen LogP contribution < -0.4 is 21.0 Å². The zero-order valence-corrected chi connectivity index (χ0v) is 29.2. The minimum absolute atomic E-state index is 0.148. The molecule has 0 aliphatic carbocycles. The summed E-state index contributed by atoms with van der Waals surface area (Å²) in [7, 11) is 1.60. The number of carbonyl (C=O) groups is 5. The van der Waals surface area contributed by atoms with Gasteiger partial charge in [0.2, 0.25) is 23.6 Å². The number of benzene rings is 1. The molecule has 2 fully saturated rings. The van der Waals surface area contributed by atoms with Gasteiger partial charge in [0.25, 0.3) is 0 Å². The van der Waals surface area contributed by atoms with Gasteiger partial charge in [-0.15, -0.1) is 0 Å². The summed E-state index contributed by atoms with van der Waals surface area (Å²) in [5, 5.41) is 10.7. The van der Waals surface area contributed by atoms with E-state index in [1.54, 1.807) is 17.1 Å². The number of piperidine rings is 1. The molecular weight excluding hydrogens is 654 g/mol. The van der Waals surface area contributed by atoms with E-state index in [4.69, 9.17) is 4.84 Å². The number of unbranched alkanes of at least 4 members (excludes halogenated alkanes) is 2. The number of anilines is 1. The number of carbonyl (C=O) groups excluding carboxylic acids is 5. The zero-order valence-electron chi connectivity index (χ0n) is 27.6. The maximum Gasteiger partial charge on any atom is 0.246 e. The van der Waals surface area contributed by atoms with Gasteiger partial charge in [-0.2, -0.15) is 0 Å². The van der Waals surface area contributed by atoms with Crippen LogP contribution in [0.3, 0.4) is 0 Å². The summed E-state index contributed by atoms with van der Waals surface area (Å²) < 4.78 is 0.892. The Labute approximate surface area is 281 Å². The van der Waals surface area contributed by atoms with E-state index in [0.717, 1.165) is 35.0 Å². The molecule has 0 aromatic heterocycles. The second-order valence-corrected chi connectivity index (χ2v) is 13.8. The molecule has 0 radical (unpaired) electrons. The molecule has 46 heavy (non-hydrogen) atoms. The Balaban J connectivity index is 1.64. The Morgan fingerprint density at radius 1 is 1.00 bits per heavy atom. The summed E-state index contributed by atoms with van der Waals surface area (Å²) in [5.74, 6) is -1.57. The molecule has 254 valence electrons. The van der Waals surface area contributed by atoms with Crippen LogP contribution in [0.5, 0.6) is 0 Å². The average Bonchev–Trinajstić information content (AvgIpc) is 3.40. The largest absolute Gasteiger partial charge is 0.343 e. The molecule has 3 N–H and O–H groups in total. The van der Waals surface area contributed by atoms with Gasteiger partial charge in [0.05, 0.1) is 19.3 Å². The minimum atomic E-state index is -0.960. The first-order chi connectivity index (χ1) is 22.1. The van der Waals surface area contributed by atoms with E-state index in [-0.39, 0.29) is 35.9 Å². The third-order valence-electron chi connectivity index (χ3n) is 9.80. The topological polar surface area (TPSA) is 137 Å². The van der Waals surface area contributed by atoms with Crippen LogP contribution in [0.15, 0.2) is 22.7 Å². The lowest BCUT2D eigenvalue weighted by molar-refractivity contribution is -0.147. The van der Waals surface area contributed by atoms with E-state index in [1.165, 1.54) is 0 Å². The molecule has 3 aliphatic heterocycles. The van der Waals surface area contributed by atoms with Crippen molar-refractivity contribution < 1.29 is 28.8 Å². The fourth-order valence-electron chi connectivity index (χ4n) is 6.78. The van der Waals surface area contributed by atoms with Crippen LogP contribution in [-0.2, 0) is 28.8 Å². The van der Waals surface area contributed by atoms with Gasteiger partial charge in [0.1, 0.15) is 30.0 Å². The minimum Gasteiger partial charge on any atom is -0.343 e. The highest BCUT2D eigenvalue weighted by Crippen LogP contribution is 2.40. The highest BCUT2D eigenvalue weighted by Gasteiger charge is 2.42. The molecule has 2 unspecified atom stereocenters. The molecular formula is C34H50BrN5O6. The first-order valence-electron chi connectivity index (χ1n) is 16.9. The first-order valence-corrected chi connectivity index (χ1v) is 17.7. The van der Waals surface area contributed by atoms with Crippen molar-refractivity contribution in [1.29, 1.82) is 0 Å². The number of nitrogens with zero attached hydrogens (tertiary/aromatic N) is 2. The van der Waals surface area contributed by atoms with Gasteiger partial charge in [-0.3, -0.25) is 33.9 Å². The van der Waals surface area contributed by atoms with E-state index in [9.17, 15) is 24.0 Å². The lowest BCUT2D eigenvalue weighted by atomic mass is 9.91. The van der Waals surface area contributed by atoms with Gasteiger partial charge in [0.15, 0.2) is 0 Å². The predicted octanol–water partition coefficient (Wildman–Crippen LogP) is 4.13. The molecule has 0 saturated carbocycles. The number of rotatable bonds is 12. The summed E-state index contributed by atoms with van der Waals surface area (Å²) in [5.41, 5.74) is 1.88. The van der Waals surface area contributed by atoms with Crippen LogP contribution in [0.25, 0.3) is 0 Å². The normalized spacial score (nSPS) is 26.2. The van der Waals surface area contributed by atoms with Gasteiger partial charge in [-0.05, 0) is 68.2 Å². The van der Waals surface area contributed by atoms with Crippen LogP contribution in [0.4, 0.5) is 5.69 Å². The number of ketones is 1. The summed E-state index contributed by atoms with van der Waals surface area (Å²) in [6, 6.07) is 2.52. The molecule has 4 rings (SSSR count). The van der Waals surface area contributed by atoms with Gasteiger partial charge in [-0.25, -0.2) is 0 Å². The average molecular weight is 705 g/mol. The van der Waals surface area contributed by atoms with Gasteiger partial charge >= 0.3 is 0 Å². The Morgan fingerprint density at radius 3 is 2.46 bits per heavy atom. The molecule has 2 saturated heterocycles. The Hall–Kier alpha value is -2.99. The molecule has 1 aromatic carbocycles. The third-order valence-corrected chi connectivity index (χ3v) is 10.3. The number of hydroxylamine groups is 1. The van der Waals surface area contributed by atoms with Crippen molar-refractivity contribution in [3.63, 3.8) is 0 Å². The number of nitrogens with one attached hydrogen (secondary N) is 3. The Morgan fingerprint density at radius 2 is 1.74 bits per heavy atom. The van der Waals surface area contributed by atoms with Crippen molar-refractivity contribution in [2.24, 2.45) is 5.92 Å². The predicted molar refractivity (Wildman–Crippen MR) is 179 cm³/mol. The van der Waals surface area contributed by atoms with Crippen LogP contribution in [0.2, 0.25) is 0 Å². The van der Waals surface area contributed by atoms with E-state index >= 15 is 0 Å². The molecule has 0 bridgehead atoms. The fourth-order valence-corrected chi connectivity index (χ4v) is 7.16. The van der Waals surface area contributed by atoms with Crippen molar-refractivity contribution in [1.82, 2.24) is 20.9 Å². The van der Waals surface area contributed by atoms with Crippen LogP contribution in [0.1, 0.15) is 103 Å². The highest BCUT2D eigenvalue weighted by atomic mass is 79.9. The van der Waals surface area contributed by atoms with Crippen molar-refractivity contribution >= 4 is 51.0 Å². The molecule has 3 aliphatic rings. The SMILES string of the molecule is CCC(=O)CCCCC[C@@H]1NC(=O)[C@H]2CCCCN2C(=O)[C@H](C(C)CC)NC(=O)[C@H](CC2CN(OC)c3ccc(Br)cc32)NC1=O. The van der Waals surface area contributed by atoms with Crippen molar-refractivity contribution in [2.45, 2.75) is 121 Å². The number of fused-ring (bicyclic) bond motifs is 2. The third kappa shape index (κ3) is 8.67. The Kier molecular flexibility index (Phi) is 13.0. The van der Waals surface area contributed by atoms with Crippen LogP contribution in [-0.4, -0.2) is 78.7 Å². The smallest absolute Gasteiger partial charge is 0.246 e. The maximum atomic E-state index is 14.1. The number of hydrogen-bond donors (Lipinski definition) is 3. The summed E-state index contributed by atoms with van der Waals surface area (Å²) >= 11 is 3.56. The molecule has 1 aromatic rings. The monoisotopic (exact) mass is 703 g/mol. The first kappa shape index (κ1) is 35.9. The van der Waals surface area contributed by atoms with Gasteiger partial charge in [0, 0.05) is 29.8 Å². The van der Waals surface area contributed by atoms with E-state index in [2.05, 4.69) is 31.9 Å². The molecule has 0 spiro atoms. The molecule has 3 heterocycles. The highest BCUT2D eigenvalue weighted by molar-refractivity contribution is 9.10. The molecule has 6 atom stereocenters. The Bertz CT molecular complexity index is 1280. The summed E-state index contributed by atoms with van der Waals surface area (Å²) in [6.07, 6.45) is 6.43. The quantitative estimate of drug-likeness (QED) is 0.279. The van der Waals surface area contributed by atoms with Gasteiger partial charge < -0.3 is 20.9 Å². The van der Waals surface area contributed by atoms with Crippen LogP contribution >= 0.6 is 15.9 Å². The van der Waals surface area contributed by atoms with E-state index in [0.29, 0.717) is 58.0 Å². The molecule has 4 amide bonds. The number of amides is 4. The van der Waals surface area contributed by atoms with Crippen LogP contribution in [0, 0.1) is 5.92 Å². The lowest BCUT2D eigenvalue weighted by Gasteiger charge is -2.39. The zero-order chi connectivity index (χ0) is 33.4. The van der Waals surface area contributed by atoms with E-state index in [1.807, 2.05) is 39.0 Å². The van der Waals surface area contributed by atoms with Gasteiger partial charge in [-0.1, -0.05) is 56.0 Å².